The summed E-state index contributed by atoms with van der Waals surface area (Å²) in [6, 6.07) is 0. The molecule has 6 nitrogen and oxygen atoms in total. The second-order valence-electron chi connectivity index (χ2n) is 9.67. The van der Waals surface area contributed by atoms with Crippen molar-refractivity contribution >= 4 is 17.3 Å². The lowest BCUT2D eigenvalue weighted by Gasteiger charge is -2.59. The van der Waals surface area contributed by atoms with Crippen LogP contribution in [0.1, 0.15) is 40.0 Å². The Labute approximate surface area is 164 Å². The standard InChI is InChI=1S/C22H28O6/c1-11-6-14-13-8-16(25)15-7-12(24)4-5-20(15,2)19(13)17(26)9-21(14,3)22(11,28)18(27)10-23/h4-5,7,11,13-14,17,19,23,26,28H,6,8-10H2,1-3H3/t11-,13?,14?,17-,19?,20-,21-,22-/m0/s1. The summed E-state index contributed by atoms with van der Waals surface area (Å²) in [4.78, 5) is 37.4. The Balaban J connectivity index is 1.82. The number of hydrogen-bond acceptors (Lipinski definition) is 6. The molecule has 0 amide bonds. The topological polar surface area (TPSA) is 112 Å². The highest BCUT2D eigenvalue weighted by molar-refractivity contribution is 6.10. The highest BCUT2D eigenvalue weighted by atomic mass is 16.3. The van der Waals surface area contributed by atoms with Crippen LogP contribution in [0.25, 0.3) is 0 Å². The molecule has 6 heteroatoms. The van der Waals surface area contributed by atoms with Gasteiger partial charge >= 0.3 is 0 Å². The van der Waals surface area contributed by atoms with Crippen molar-refractivity contribution in [3.05, 3.63) is 23.8 Å². The van der Waals surface area contributed by atoms with Gasteiger partial charge in [-0.25, -0.2) is 0 Å². The highest BCUT2D eigenvalue weighted by Crippen LogP contribution is 2.67. The molecule has 4 aliphatic rings. The van der Waals surface area contributed by atoms with E-state index >= 15 is 0 Å². The van der Waals surface area contributed by atoms with Crippen LogP contribution in [0.4, 0.5) is 0 Å². The Hall–Kier alpha value is -1.63. The summed E-state index contributed by atoms with van der Waals surface area (Å²) < 4.78 is 0. The Morgan fingerprint density at radius 2 is 1.96 bits per heavy atom. The molecule has 28 heavy (non-hydrogen) atoms. The van der Waals surface area contributed by atoms with E-state index in [1.165, 1.54) is 12.2 Å². The molecule has 0 aromatic carbocycles. The normalized spacial score (nSPS) is 49.9. The van der Waals surface area contributed by atoms with Gasteiger partial charge in [0.1, 0.15) is 12.2 Å². The number of rotatable bonds is 2. The van der Waals surface area contributed by atoms with E-state index in [2.05, 4.69) is 0 Å². The molecule has 0 aromatic heterocycles. The smallest absolute Gasteiger partial charge is 0.190 e. The van der Waals surface area contributed by atoms with Gasteiger partial charge in [-0.3, -0.25) is 14.4 Å². The van der Waals surface area contributed by atoms with Crippen molar-refractivity contribution in [2.45, 2.75) is 51.7 Å². The lowest BCUT2D eigenvalue weighted by molar-refractivity contribution is -0.184. The number of allylic oxidation sites excluding steroid dienone is 4. The van der Waals surface area contributed by atoms with Crippen LogP contribution >= 0.6 is 0 Å². The van der Waals surface area contributed by atoms with Gasteiger partial charge in [-0.15, -0.1) is 0 Å². The van der Waals surface area contributed by atoms with Gasteiger partial charge in [0.15, 0.2) is 17.3 Å². The number of ketones is 3. The van der Waals surface area contributed by atoms with E-state index in [-0.39, 0.29) is 48.1 Å². The summed E-state index contributed by atoms with van der Waals surface area (Å²) in [7, 11) is 0. The van der Waals surface area contributed by atoms with E-state index in [1.54, 1.807) is 13.0 Å². The molecule has 8 atom stereocenters. The van der Waals surface area contributed by atoms with Crippen LogP contribution in [0, 0.1) is 34.5 Å². The summed E-state index contributed by atoms with van der Waals surface area (Å²) in [5, 5.41) is 32.1. The van der Waals surface area contributed by atoms with Crippen molar-refractivity contribution in [1.82, 2.24) is 0 Å². The molecule has 0 radical (unpaired) electrons. The largest absolute Gasteiger partial charge is 0.393 e. The molecule has 0 bridgehead atoms. The third-order valence-electron chi connectivity index (χ3n) is 8.48. The number of aliphatic hydroxyl groups excluding tert-OH is 2. The Bertz CT molecular complexity index is 827. The number of carbonyl (C=O) groups is 3. The third-order valence-corrected chi connectivity index (χ3v) is 8.48. The van der Waals surface area contributed by atoms with Gasteiger partial charge in [0, 0.05) is 28.7 Å². The zero-order valence-corrected chi connectivity index (χ0v) is 16.5. The van der Waals surface area contributed by atoms with Gasteiger partial charge in [0.05, 0.1) is 6.10 Å². The fourth-order valence-electron chi connectivity index (χ4n) is 7.22. The molecular weight excluding hydrogens is 360 g/mol. The van der Waals surface area contributed by atoms with Gasteiger partial charge in [-0.2, -0.15) is 0 Å². The molecule has 152 valence electrons. The fraction of sp³-hybridized carbons (Fsp3) is 0.682. The summed E-state index contributed by atoms with van der Waals surface area (Å²) in [6.07, 6.45) is 4.72. The van der Waals surface area contributed by atoms with Crippen molar-refractivity contribution in [3.63, 3.8) is 0 Å². The Kier molecular flexibility index (Phi) is 4.17. The van der Waals surface area contributed by atoms with Crippen molar-refractivity contribution in [3.8, 4) is 0 Å². The molecule has 4 aliphatic carbocycles. The van der Waals surface area contributed by atoms with Crippen LogP contribution in [0.3, 0.4) is 0 Å². The van der Waals surface area contributed by atoms with E-state index < -0.39 is 34.9 Å². The van der Waals surface area contributed by atoms with E-state index in [0.717, 1.165) is 0 Å². The number of carbonyl (C=O) groups excluding carboxylic acids is 3. The lowest BCUT2D eigenvalue weighted by Crippen LogP contribution is -2.63. The van der Waals surface area contributed by atoms with Crippen LogP contribution in [-0.4, -0.2) is 51.0 Å². The van der Waals surface area contributed by atoms with E-state index in [1.807, 2.05) is 13.8 Å². The summed E-state index contributed by atoms with van der Waals surface area (Å²) in [6.45, 7) is 4.76. The van der Waals surface area contributed by atoms with Crippen LogP contribution in [0.2, 0.25) is 0 Å². The van der Waals surface area contributed by atoms with Crippen molar-refractivity contribution in [2.24, 2.45) is 34.5 Å². The molecule has 0 aromatic rings. The molecule has 3 saturated carbocycles. The second kappa shape index (κ2) is 5.94. The maximum atomic E-state index is 13.0. The summed E-state index contributed by atoms with van der Waals surface area (Å²) in [5.74, 6) is -1.92. The van der Waals surface area contributed by atoms with Gasteiger partial charge in [0.2, 0.25) is 0 Å². The number of Topliss-reactive ketones (excluding diaryl/α,β-unsaturated/α-hetero) is 2. The maximum absolute atomic E-state index is 13.0. The third kappa shape index (κ3) is 2.17. The van der Waals surface area contributed by atoms with Crippen LogP contribution in [-0.2, 0) is 14.4 Å². The lowest BCUT2D eigenvalue weighted by atomic mass is 9.46. The SMILES string of the molecule is C[C@H]1CC2C3CC(=O)C4=CC(=O)C=C[C@]4(C)C3[C@@H](O)C[C@]2(C)[C@@]1(O)C(=O)CO. The molecule has 3 unspecified atom stereocenters. The zero-order chi connectivity index (χ0) is 20.6. The minimum absolute atomic E-state index is 0.102. The fourth-order valence-corrected chi connectivity index (χ4v) is 7.22. The van der Waals surface area contributed by atoms with Crippen molar-refractivity contribution in [2.75, 3.05) is 6.61 Å². The minimum atomic E-state index is -1.73. The van der Waals surface area contributed by atoms with Crippen molar-refractivity contribution in [1.29, 1.82) is 0 Å². The van der Waals surface area contributed by atoms with Gasteiger partial charge < -0.3 is 15.3 Å². The Morgan fingerprint density at radius 1 is 1.29 bits per heavy atom. The molecule has 3 N–H and O–H groups in total. The van der Waals surface area contributed by atoms with E-state index in [9.17, 15) is 29.7 Å². The minimum Gasteiger partial charge on any atom is -0.393 e. The monoisotopic (exact) mass is 388 g/mol. The van der Waals surface area contributed by atoms with Crippen molar-refractivity contribution < 1.29 is 29.7 Å². The molecule has 0 saturated heterocycles. The number of hydrogen-bond donors (Lipinski definition) is 3. The first-order valence-electron chi connectivity index (χ1n) is 10.0. The van der Waals surface area contributed by atoms with Gasteiger partial charge in [-0.05, 0) is 42.7 Å². The van der Waals surface area contributed by atoms with Crippen LogP contribution in [0.5, 0.6) is 0 Å². The molecule has 3 fully saturated rings. The Morgan fingerprint density at radius 3 is 2.61 bits per heavy atom. The predicted molar refractivity (Wildman–Crippen MR) is 100.0 cm³/mol. The molecule has 4 rings (SSSR count). The number of fused-ring (bicyclic) bond motifs is 5. The molecule has 0 spiro atoms. The first-order chi connectivity index (χ1) is 13.0. The second-order valence-corrected chi connectivity index (χ2v) is 9.67. The predicted octanol–water partition coefficient (Wildman–Crippen LogP) is 0.983. The first-order valence-corrected chi connectivity index (χ1v) is 10.0. The quantitative estimate of drug-likeness (QED) is 0.650. The maximum Gasteiger partial charge on any atom is 0.190 e. The highest BCUT2D eigenvalue weighted by Gasteiger charge is 2.71. The molecule has 0 heterocycles. The van der Waals surface area contributed by atoms with Crippen LogP contribution < -0.4 is 0 Å². The average Bonchev–Trinajstić information content (AvgIpc) is 2.83. The summed E-state index contributed by atoms with van der Waals surface area (Å²) in [5.41, 5.74) is -2.92. The number of aliphatic hydroxyl groups is 3. The molecule has 0 aliphatic heterocycles. The van der Waals surface area contributed by atoms with E-state index in [0.29, 0.717) is 12.0 Å². The van der Waals surface area contributed by atoms with Crippen LogP contribution in [0.15, 0.2) is 23.8 Å². The average molecular weight is 388 g/mol. The van der Waals surface area contributed by atoms with Gasteiger partial charge in [0.25, 0.3) is 0 Å². The van der Waals surface area contributed by atoms with Gasteiger partial charge in [-0.1, -0.05) is 26.8 Å². The zero-order valence-electron chi connectivity index (χ0n) is 16.5. The van der Waals surface area contributed by atoms with E-state index in [4.69, 9.17) is 0 Å². The molecular formula is C22H28O6. The summed E-state index contributed by atoms with van der Waals surface area (Å²) >= 11 is 0. The first kappa shape index (κ1) is 19.7.